The van der Waals surface area contributed by atoms with Crippen molar-refractivity contribution in [3.63, 3.8) is 0 Å². The summed E-state index contributed by atoms with van der Waals surface area (Å²) in [6.45, 7) is 10.4. The summed E-state index contributed by atoms with van der Waals surface area (Å²) in [5, 5.41) is 10.2. The third kappa shape index (κ3) is 10.2. The highest BCUT2D eigenvalue weighted by atomic mass is 32.2. The van der Waals surface area contributed by atoms with Gasteiger partial charge in [-0.15, -0.1) is 0 Å². The van der Waals surface area contributed by atoms with Gasteiger partial charge in [0, 0.05) is 37.8 Å². The lowest BCUT2D eigenvalue weighted by Crippen LogP contribution is -2.47. The molecule has 1 amide bonds. The fourth-order valence-corrected chi connectivity index (χ4v) is 7.62. The van der Waals surface area contributed by atoms with E-state index in [1.54, 1.807) is 47.4 Å². The zero-order valence-electron chi connectivity index (χ0n) is 28.4. The highest BCUT2D eigenvalue weighted by Gasteiger charge is 2.31. The molecule has 1 aliphatic heterocycles. The van der Waals surface area contributed by atoms with Gasteiger partial charge in [-0.25, -0.2) is 8.42 Å². The van der Waals surface area contributed by atoms with Crippen LogP contribution in [0.4, 0.5) is 5.69 Å². The van der Waals surface area contributed by atoms with E-state index in [1.807, 2.05) is 20.8 Å². The maximum Gasteiger partial charge on any atom is 0.261 e. The fraction of sp³-hybridized carbons (Fsp3) is 0.639. The summed E-state index contributed by atoms with van der Waals surface area (Å²) in [7, 11) is -1.71. The van der Waals surface area contributed by atoms with Gasteiger partial charge in [-0.2, -0.15) is 0 Å². The number of benzene rings is 2. The first-order valence-electron chi connectivity index (χ1n) is 17.1. The van der Waals surface area contributed by atoms with E-state index in [2.05, 4.69) is 23.6 Å². The van der Waals surface area contributed by atoms with E-state index in [4.69, 9.17) is 9.47 Å². The molecular weight excluding hydrogens is 602 g/mol. The van der Waals surface area contributed by atoms with Crippen molar-refractivity contribution in [3.05, 3.63) is 53.6 Å². The molecule has 0 aromatic heterocycles. The normalized spacial score (nSPS) is 23.3. The van der Waals surface area contributed by atoms with E-state index in [0.717, 1.165) is 43.8 Å². The number of aliphatic hydroxyl groups is 1. The lowest BCUT2D eigenvalue weighted by molar-refractivity contribution is -0.0190. The minimum absolute atomic E-state index is 0.0128. The zero-order valence-corrected chi connectivity index (χ0v) is 29.2. The first kappa shape index (κ1) is 36.2. The van der Waals surface area contributed by atoms with Gasteiger partial charge in [0.2, 0.25) is 0 Å². The van der Waals surface area contributed by atoms with Crippen molar-refractivity contribution in [2.24, 2.45) is 11.8 Å². The zero-order chi connectivity index (χ0) is 33.3. The van der Waals surface area contributed by atoms with E-state index >= 15 is 0 Å². The largest absolute Gasteiger partial charge is 0.490 e. The highest BCUT2D eigenvalue weighted by molar-refractivity contribution is 7.92. The van der Waals surface area contributed by atoms with E-state index in [1.165, 1.54) is 32.1 Å². The summed E-state index contributed by atoms with van der Waals surface area (Å²) < 4.78 is 41.9. The molecule has 2 aliphatic rings. The summed E-state index contributed by atoms with van der Waals surface area (Å²) >= 11 is 0. The molecule has 0 spiro atoms. The Balaban J connectivity index is 1.62. The Bertz CT molecular complexity index is 1360. The van der Waals surface area contributed by atoms with Crippen LogP contribution in [0.25, 0.3) is 0 Å². The number of carbonyl (C=O) groups excluding carboxylic acids is 1. The van der Waals surface area contributed by atoms with Crippen LogP contribution < -0.4 is 9.46 Å². The minimum Gasteiger partial charge on any atom is -0.490 e. The predicted octanol–water partition coefficient (Wildman–Crippen LogP) is 6.10. The van der Waals surface area contributed by atoms with Crippen LogP contribution in [0.15, 0.2) is 47.4 Å². The second kappa shape index (κ2) is 16.9. The van der Waals surface area contributed by atoms with Crippen molar-refractivity contribution in [2.45, 2.75) is 102 Å². The maximum atomic E-state index is 14.4. The molecule has 1 aliphatic carbocycles. The number of aryl methyl sites for hydroxylation is 1. The molecule has 0 bridgehead atoms. The summed E-state index contributed by atoms with van der Waals surface area (Å²) in [5.74, 6) is 0.783. The molecule has 0 saturated heterocycles. The number of hydrogen-bond donors (Lipinski definition) is 2. The topological polar surface area (TPSA) is 108 Å². The van der Waals surface area contributed by atoms with Gasteiger partial charge in [0.05, 0.1) is 35.3 Å². The smallest absolute Gasteiger partial charge is 0.261 e. The predicted molar refractivity (Wildman–Crippen MR) is 183 cm³/mol. The van der Waals surface area contributed by atoms with E-state index in [9.17, 15) is 18.3 Å². The van der Waals surface area contributed by atoms with Crippen LogP contribution in [0.1, 0.15) is 88.1 Å². The number of nitrogens with one attached hydrogen (secondary N) is 1. The molecule has 2 aromatic carbocycles. The molecule has 2 N–H and O–H groups in total. The lowest BCUT2D eigenvalue weighted by atomic mass is 9.89. The molecular formula is C36H55N3O6S. The molecule has 1 saturated carbocycles. The van der Waals surface area contributed by atoms with Crippen LogP contribution in [-0.4, -0.2) is 87.4 Å². The fourth-order valence-electron chi connectivity index (χ4n) is 6.57. The molecule has 9 nitrogen and oxygen atoms in total. The first-order chi connectivity index (χ1) is 22.0. The number of fused-ring (bicyclic) bond motifs is 1. The number of rotatable bonds is 9. The molecule has 10 heteroatoms. The Kier molecular flexibility index (Phi) is 13.3. The maximum absolute atomic E-state index is 14.4. The summed E-state index contributed by atoms with van der Waals surface area (Å²) in [6.07, 6.45) is 8.89. The number of sulfonamides is 1. The number of ether oxygens (including phenoxy) is 2. The van der Waals surface area contributed by atoms with Crippen molar-refractivity contribution in [2.75, 3.05) is 44.6 Å². The molecule has 0 radical (unpaired) electrons. The molecule has 2 aromatic rings. The van der Waals surface area contributed by atoms with Crippen molar-refractivity contribution in [1.82, 2.24) is 9.80 Å². The van der Waals surface area contributed by atoms with Crippen LogP contribution in [0.3, 0.4) is 0 Å². The number of likely N-dealkylation sites (N-methyl/N-ethyl adjacent to an activating group) is 1. The number of amides is 1. The summed E-state index contributed by atoms with van der Waals surface area (Å²) in [6, 6.07) is 11.0. The van der Waals surface area contributed by atoms with Crippen LogP contribution in [0.5, 0.6) is 5.75 Å². The van der Waals surface area contributed by atoms with Crippen molar-refractivity contribution < 1.29 is 27.8 Å². The second-order valence-electron chi connectivity index (χ2n) is 13.7. The van der Waals surface area contributed by atoms with Gasteiger partial charge in [0.1, 0.15) is 5.75 Å². The van der Waals surface area contributed by atoms with Gasteiger partial charge in [-0.1, -0.05) is 43.9 Å². The molecule has 4 atom stereocenters. The van der Waals surface area contributed by atoms with E-state index in [0.29, 0.717) is 18.9 Å². The number of anilines is 1. The Morgan fingerprint density at radius 1 is 1.00 bits per heavy atom. The number of hydrogen-bond acceptors (Lipinski definition) is 7. The van der Waals surface area contributed by atoms with Gasteiger partial charge in [-0.3, -0.25) is 9.52 Å². The van der Waals surface area contributed by atoms with Gasteiger partial charge in [0.25, 0.3) is 15.9 Å². The monoisotopic (exact) mass is 657 g/mol. The van der Waals surface area contributed by atoms with Gasteiger partial charge >= 0.3 is 0 Å². The Hall–Kier alpha value is -2.66. The molecule has 0 unspecified atom stereocenters. The quantitative estimate of drug-likeness (QED) is 0.335. The van der Waals surface area contributed by atoms with Gasteiger partial charge < -0.3 is 24.4 Å². The molecule has 1 heterocycles. The van der Waals surface area contributed by atoms with Crippen LogP contribution in [0.2, 0.25) is 0 Å². The average Bonchev–Trinajstić information content (AvgIpc) is 3.03. The Morgan fingerprint density at radius 2 is 1.70 bits per heavy atom. The Labute approximate surface area is 276 Å². The average molecular weight is 658 g/mol. The van der Waals surface area contributed by atoms with Crippen molar-refractivity contribution in [3.8, 4) is 5.75 Å². The number of carbonyl (C=O) groups is 1. The third-order valence-electron chi connectivity index (χ3n) is 9.42. The molecule has 46 heavy (non-hydrogen) atoms. The lowest BCUT2D eigenvalue weighted by Gasteiger charge is -2.36. The Morgan fingerprint density at radius 3 is 2.39 bits per heavy atom. The summed E-state index contributed by atoms with van der Waals surface area (Å²) in [4.78, 5) is 18.6. The first-order valence-corrected chi connectivity index (χ1v) is 18.6. The minimum atomic E-state index is -3.88. The van der Waals surface area contributed by atoms with Crippen molar-refractivity contribution in [1.29, 1.82) is 0 Å². The number of nitrogens with zero attached hydrogens (tertiary/aromatic N) is 2. The summed E-state index contributed by atoms with van der Waals surface area (Å²) in [5.41, 5.74) is 1.48. The number of aliphatic hydroxyl groups excluding tert-OH is 1. The van der Waals surface area contributed by atoms with Crippen LogP contribution >= 0.6 is 0 Å². The van der Waals surface area contributed by atoms with E-state index in [-0.39, 0.29) is 46.8 Å². The SMILES string of the molecule is Cc1ccc(S(=O)(=O)Nc2ccc3c(c2)C(=O)N([C@@H](C)CO)C[C@H](C)[C@H](CN(C)CC2CCCCC2)OCCCC[C@@H](C)O3)cc1. The van der Waals surface area contributed by atoms with E-state index < -0.39 is 16.1 Å². The van der Waals surface area contributed by atoms with Crippen LogP contribution in [0, 0.1) is 18.8 Å². The third-order valence-corrected chi connectivity index (χ3v) is 10.8. The van der Waals surface area contributed by atoms with Crippen LogP contribution in [-0.2, 0) is 14.8 Å². The molecule has 256 valence electrons. The molecule has 4 rings (SSSR count). The van der Waals surface area contributed by atoms with Crippen molar-refractivity contribution >= 4 is 21.6 Å². The van der Waals surface area contributed by atoms with Gasteiger partial charge in [-0.05, 0) is 96.2 Å². The van der Waals surface area contributed by atoms with Gasteiger partial charge in [0.15, 0.2) is 0 Å². The standard InChI is InChI=1S/C36H55N3O6S/c1-26-14-17-32(18-15-26)46(42,43)37-31-16-19-34-33(21-31)36(41)39(28(3)25-40)22-27(2)35(44-20-10-9-11-29(4)45-34)24-38(5)23-30-12-7-6-8-13-30/h14-19,21,27-30,35,37,40H,6-13,20,22-25H2,1-5H3/t27-,28-,29+,35-/m0/s1. The second-order valence-corrected chi connectivity index (χ2v) is 15.3. The molecule has 1 fully saturated rings. The highest BCUT2D eigenvalue weighted by Crippen LogP contribution is 2.30.